The minimum absolute atomic E-state index is 0.115. The molecule has 45 heavy (non-hydrogen) atoms. The van der Waals surface area contributed by atoms with Crippen molar-refractivity contribution in [3.8, 4) is 0 Å². The van der Waals surface area contributed by atoms with Crippen LogP contribution >= 0.6 is 0 Å². The van der Waals surface area contributed by atoms with E-state index < -0.39 is 79.5 Å². The third-order valence-corrected chi connectivity index (χ3v) is 12.6. The maximum Gasteiger partial charge on any atom is 0.335 e. The van der Waals surface area contributed by atoms with E-state index in [0.717, 1.165) is 38.5 Å². The van der Waals surface area contributed by atoms with Crippen molar-refractivity contribution < 1.29 is 69.1 Å². The number of fused-ring (bicyclic) bond motifs is 5. The lowest BCUT2D eigenvalue weighted by molar-refractivity contribution is -0.367. The lowest BCUT2D eigenvalue weighted by atomic mass is 9.45. The summed E-state index contributed by atoms with van der Waals surface area (Å²) in [6.45, 7) is 4.52. The summed E-state index contributed by atoms with van der Waals surface area (Å²) in [6.07, 6.45) is -11.7. The number of carboxylic acid groups (broad SMARTS) is 2. The highest BCUT2D eigenvalue weighted by Crippen LogP contribution is 2.66. The normalized spacial score (nSPS) is 53.2. The molecule has 0 aromatic heterocycles. The zero-order valence-electron chi connectivity index (χ0n) is 25.5. The van der Waals surface area contributed by atoms with Crippen LogP contribution in [0.5, 0.6) is 0 Å². The van der Waals surface area contributed by atoms with Gasteiger partial charge >= 0.3 is 11.9 Å². The molecule has 0 unspecified atom stereocenters. The Labute approximate surface area is 260 Å². The topological polar surface area (TPSA) is 230 Å². The molecule has 2 heterocycles. The van der Waals surface area contributed by atoms with Crippen molar-refractivity contribution in [3.05, 3.63) is 0 Å². The number of ether oxygens (including phenoxy) is 4. The van der Waals surface area contributed by atoms with Gasteiger partial charge in [0.15, 0.2) is 24.8 Å². The molecule has 0 bridgehead atoms. The smallest absolute Gasteiger partial charge is 0.335 e. The molecule has 2 saturated heterocycles. The molecule has 6 rings (SSSR count). The Kier molecular flexibility index (Phi) is 8.88. The highest BCUT2D eigenvalue weighted by atomic mass is 16.8. The van der Waals surface area contributed by atoms with Gasteiger partial charge in [0.1, 0.15) is 42.4 Å². The van der Waals surface area contributed by atoms with Gasteiger partial charge in [-0.3, -0.25) is 4.79 Å². The first-order valence-electron chi connectivity index (χ1n) is 16.2. The van der Waals surface area contributed by atoms with E-state index in [0.29, 0.717) is 48.7 Å². The lowest BCUT2D eigenvalue weighted by Gasteiger charge is -2.60. The third kappa shape index (κ3) is 5.43. The van der Waals surface area contributed by atoms with Gasteiger partial charge in [-0.1, -0.05) is 13.8 Å². The molecule has 0 aromatic carbocycles. The van der Waals surface area contributed by atoms with Gasteiger partial charge in [0.25, 0.3) is 0 Å². The van der Waals surface area contributed by atoms with E-state index >= 15 is 0 Å². The van der Waals surface area contributed by atoms with Crippen LogP contribution in [0.3, 0.4) is 0 Å². The fourth-order valence-corrected chi connectivity index (χ4v) is 10.00. The fourth-order valence-electron chi connectivity index (χ4n) is 10.00. The lowest BCUT2D eigenvalue weighted by Crippen LogP contribution is -2.66. The summed E-state index contributed by atoms with van der Waals surface area (Å²) in [4.78, 5) is 35.8. The van der Waals surface area contributed by atoms with Crippen LogP contribution in [0.4, 0.5) is 0 Å². The summed E-state index contributed by atoms with van der Waals surface area (Å²) in [6, 6.07) is 0. The molecule has 6 fully saturated rings. The van der Waals surface area contributed by atoms with Crippen LogP contribution in [0.1, 0.15) is 71.6 Å². The Bertz CT molecular complexity index is 1170. The number of hydrogen-bond acceptors (Lipinski definition) is 12. The summed E-state index contributed by atoms with van der Waals surface area (Å²) < 4.78 is 23.1. The Balaban J connectivity index is 1.22. The maximum absolute atomic E-state index is 12.3. The van der Waals surface area contributed by atoms with Crippen molar-refractivity contribution in [2.75, 3.05) is 0 Å². The second-order valence-corrected chi connectivity index (χ2v) is 14.7. The number of carbonyl (C=O) groups excluding carboxylic acids is 1. The number of rotatable bonds is 6. The van der Waals surface area contributed by atoms with E-state index in [1.165, 1.54) is 0 Å². The molecule has 6 aliphatic rings. The molecule has 14 nitrogen and oxygen atoms in total. The van der Waals surface area contributed by atoms with E-state index in [1.54, 1.807) is 0 Å². The van der Waals surface area contributed by atoms with Crippen LogP contribution in [0.15, 0.2) is 0 Å². The number of aliphatic hydroxyl groups excluding tert-OH is 5. The number of Topliss-reactive ketones (excluding diaryl/α,β-unsaturated/α-hetero) is 1. The van der Waals surface area contributed by atoms with Crippen LogP contribution in [0, 0.1) is 34.5 Å². The zero-order valence-corrected chi connectivity index (χ0v) is 25.5. The minimum atomic E-state index is -1.98. The quantitative estimate of drug-likeness (QED) is 0.199. The number of carboxylic acids is 2. The summed E-state index contributed by atoms with van der Waals surface area (Å²) in [5.74, 6) is -1.17. The first-order valence-corrected chi connectivity index (χ1v) is 16.2. The highest BCUT2D eigenvalue weighted by molar-refractivity contribution is 5.79. The van der Waals surface area contributed by atoms with Gasteiger partial charge in [0.05, 0.1) is 6.10 Å². The molecule has 4 saturated carbocycles. The van der Waals surface area contributed by atoms with E-state index in [2.05, 4.69) is 13.8 Å². The standard InChI is InChI=1S/C31H46O14/c1-30-9-7-13(32)11-12(30)3-4-14-15-5-6-17(31(15,2)10-8-16(14)30)42-29-25(21(36)20(35)24(44-29)27(40)41)45-28-22(37)18(33)19(34)23(43-28)26(38)39/h12,14-25,28-29,33-37H,3-11H2,1-2H3,(H,38,39)(H,40,41)/t12-,14-,15-,16-,17-,18-,19-,20-,21-,22+,23-,24-,25+,28-,29+,30-,31-/m0/s1. The molecule has 0 radical (unpaired) electrons. The van der Waals surface area contributed by atoms with Crippen LogP contribution in [-0.2, 0) is 33.3 Å². The van der Waals surface area contributed by atoms with Crippen molar-refractivity contribution in [2.45, 2.75) is 139 Å². The predicted molar refractivity (Wildman–Crippen MR) is 149 cm³/mol. The van der Waals surface area contributed by atoms with E-state index in [9.17, 15) is 50.1 Å². The van der Waals surface area contributed by atoms with Crippen molar-refractivity contribution in [2.24, 2.45) is 34.5 Å². The molecule has 4 aliphatic carbocycles. The maximum atomic E-state index is 12.3. The molecule has 2 aliphatic heterocycles. The van der Waals surface area contributed by atoms with Crippen LogP contribution < -0.4 is 0 Å². The molecule has 254 valence electrons. The number of carbonyl (C=O) groups is 3. The summed E-state index contributed by atoms with van der Waals surface area (Å²) in [7, 11) is 0. The highest BCUT2D eigenvalue weighted by Gasteiger charge is 2.62. The number of hydrogen-bond donors (Lipinski definition) is 7. The average molecular weight is 643 g/mol. The molecule has 0 amide bonds. The second-order valence-electron chi connectivity index (χ2n) is 14.7. The zero-order chi connectivity index (χ0) is 32.6. The largest absolute Gasteiger partial charge is 0.479 e. The SMILES string of the molecule is C[C@]12CCC(=O)C[C@@H]1CC[C@@H]1[C@@H]2CC[C@]2(C)[C@@H](O[C@@H]3O[C@H](C(=O)O)[C@@H](O)[C@H](O)[C@H]3O[C@@H]3O[C@H](C(=O)O)[C@@H](O)[C@H](O)[C@H]3O)CC[C@@H]12. The van der Waals surface area contributed by atoms with Gasteiger partial charge < -0.3 is 54.7 Å². The predicted octanol–water partition coefficient (Wildman–Crippen LogP) is -0.208. The first kappa shape index (κ1) is 33.2. The van der Waals surface area contributed by atoms with E-state index in [-0.39, 0.29) is 10.8 Å². The van der Waals surface area contributed by atoms with Crippen molar-refractivity contribution in [1.82, 2.24) is 0 Å². The number of ketones is 1. The van der Waals surface area contributed by atoms with Gasteiger partial charge in [0, 0.05) is 12.8 Å². The van der Waals surface area contributed by atoms with Gasteiger partial charge in [-0.05, 0) is 79.4 Å². The van der Waals surface area contributed by atoms with Gasteiger partial charge in [-0.25, -0.2) is 9.59 Å². The minimum Gasteiger partial charge on any atom is -0.479 e. The van der Waals surface area contributed by atoms with Gasteiger partial charge in [-0.15, -0.1) is 0 Å². The molecule has 0 spiro atoms. The fraction of sp³-hybridized carbons (Fsp3) is 0.903. The molecule has 0 aromatic rings. The molecular formula is C31H46O14. The molecule has 7 N–H and O–H groups in total. The molecule has 17 atom stereocenters. The Hall–Kier alpha value is -1.75. The van der Waals surface area contributed by atoms with E-state index in [4.69, 9.17) is 18.9 Å². The van der Waals surface area contributed by atoms with Crippen molar-refractivity contribution in [3.63, 3.8) is 0 Å². The molecular weight excluding hydrogens is 596 g/mol. The molecule has 14 heteroatoms. The summed E-state index contributed by atoms with van der Waals surface area (Å²) in [5.41, 5.74) is -0.206. The summed E-state index contributed by atoms with van der Waals surface area (Å²) >= 11 is 0. The number of aliphatic carboxylic acids is 2. The second kappa shape index (κ2) is 12.0. The van der Waals surface area contributed by atoms with Crippen LogP contribution in [0.25, 0.3) is 0 Å². The van der Waals surface area contributed by atoms with Crippen LogP contribution in [0.2, 0.25) is 0 Å². The Morgan fingerprint density at radius 3 is 2.00 bits per heavy atom. The van der Waals surface area contributed by atoms with Crippen molar-refractivity contribution >= 4 is 17.7 Å². The van der Waals surface area contributed by atoms with Crippen LogP contribution in [-0.4, -0.2) is 121 Å². The summed E-state index contributed by atoms with van der Waals surface area (Å²) in [5, 5.41) is 71.6. The van der Waals surface area contributed by atoms with Crippen molar-refractivity contribution in [1.29, 1.82) is 0 Å². The average Bonchev–Trinajstić information content (AvgIpc) is 3.32. The van der Waals surface area contributed by atoms with Gasteiger partial charge in [0.2, 0.25) is 0 Å². The first-order chi connectivity index (χ1) is 21.2. The number of aliphatic hydroxyl groups is 5. The monoisotopic (exact) mass is 642 g/mol. The van der Waals surface area contributed by atoms with E-state index in [1.807, 2.05) is 0 Å². The third-order valence-electron chi connectivity index (χ3n) is 12.6. The van der Waals surface area contributed by atoms with Gasteiger partial charge in [-0.2, -0.15) is 0 Å². The Morgan fingerprint density at radius 1 is 0.711 bits per heavy atom. The Morgan fingerprint density at radius 2 is 1.33 bits per heavy atom.